The zero-order valence-electron chi connectivity index (χ0n) is 12.7. The van der Waals surface area contributed by atoms with Gasteiger partial charge in [0.1, 0.15) is 0 Å². The Balaban J connectivity index is 1.59. The first-order valence-electron chi connectivity index (χ1n) is 7.43. The molecular weight excluding hydrogens is 306 g/mol. The van der Waals surface area contributed by atoms with Crippen LogP contribution >= 0.6 is 11.8 Å². The number of benzene rings is 2. The normalized spacial score (nSPS) is 10.8. The molecule has 0 amide bonds. The lowest BCUT2D eigenvalue weighted by Gasteiger charge is -2.04. The lowest BCUT2D eigenvalue weighted by molar-refractivity contribution is 0.767. The van der Waals surface area contributed by atoms with Gasteiger partial charge in [0.2, 0.25) is 5.16 Å². The van der Waals surface area contributed by atoms with E-state index in [4.69, 9.17) is 11.6 Å². The lowest BCUT2D eigenvalue weighted by atomic mass is 10.1. The Hall–Kier alpha value is -2.47. The fourth-order valence-corrected chi connectivity index (χ4v) is 3.07. The molecular formula is C17H19N5S. The fraction of sp³-hybridized carbons (Fsp3) is 0.176. The minimum absolute atomic E-state index is 0.727. The van der Waals surface area contributed by atoms with Crippen molar-refractivity contribution < 1.29 is 0 Å². The Morgan fingerprint density at radius 2 is 1.61 bits per heavy atom. The third-order valence-corrected chi connectivity index (χ3v) is 4.58. The minimum Gasteiger partial charge on any atom is -0.399 e. The summed E-state index contributed by atoms with van der Waals surface area (Å²) in [5.41, 5.74) is 8.91. The minimum atomic E-state index is 0.727. The number of hydrogen-bond donors (Lipinski definition) is 2. The van der Waals surface area contributed by atoms with Crippen LogP contribution in [-0.4, -0.2) is 14.9 Å². The number of nitrogens with zero attached hydrogens (tertiary/aromatic N) is 3. The fourth-order valence-electron chi connectivity index (χ4n) is 2.24. The Bertz CT molecular complexity index is 752. The lowest BCUT2D eigenvalue weighted by Crippen LogP contribution is -2.14. The molecule has 0 unspecified atom stereocenters. The van der Waals surface area contributed by atoms with Crippen molar-refractivity contribution in [2.24, 2.45) is 0 Å². The SMILES string of the molecule is Nc1ccc(CSc2nnc(CCc3ccccc3)n2N)cc1. The molecule has 23 heavy (non-hydrogen) atoms. The average Bonchev–Trinajstić information content (AvgIpc) is 2.93. The van der Waals surface area contributed by atoms with Crippen molar-refractivity contribution in [2.45, 2.75) is 23.8 Å². The number of aromatic nitrogens is 3. The van der Waals surface area contributed by atoms with Crippen molar-refractivity contribution in [2.75, 3.05) is 11.6 Å². The third kappa shape index (κ3) is 4.04. The van der Waals surface area contributed by atoms with E-state index < -0.39 is 0 Å². The molecule has 4 N–H and O–H groups in total. The van der Waals surface area contributed by atoms with Gasteiger partial charge in [0.25, 0.3) is 0 Å². The maximum absolute atomic E-state index is 6.11. The summed E-state index contributed by atoms with van der Waals surface area (Å²) in [6.45, 7) is 0. The van der Waals surface area contributed by atoms with Gasteiger partial charge in [0.05, 0.1) is 0 Å². The maximum Gasteiger partial charge on any atom is 0.210 e. The van der Waals surface area contributed by atoms with E-state index in [-0.39, 0.29) is 0 Å². The van der Waals surface area contributed by atoms with Crippen molar-refractivity contribution in [1.82, 2.24) is 14.9 Å². The number of rotatable bonds is 6. The predicted octanol–water partition coefficient (Wildman–Crippen LogP) is 2.65. The van der Waals surface area contributed by atoms with E-state index in [1.165, 1.54) is 11.1 Å². The highest BCUT2D eigenvalue weighted by molar-refractivity contribution is 7.98. The van der Waals surface area contributed by atoms with Gasteiger partial charge in [0, 0.05) is 17.9 Å². The number of nitrogens with two attached hydrogens (primary N) is 2. The first-order chi connectivity index (χ1) is 11.2. The summed E-state index contributed by atoms with van der Waals surface area (Å²) in [7, 11) is 0. The number of aryl methyl sites for hydroxylation is 2. The van der Waals surface area contributed by atoms with Crippen molar-refractivity contribution in [3.05, 3.63) is 71.5 Å². The molecule has 3 rings (SSSR count). The first-order valence-corrected chi connectivity index (χ1v) is 8.41. The van der Waals surface area contributed by atoms with E-state index in [1.807, 2.05) is 42.5 Å². The molecule has 0 atom stereocenters. The predicted molar refractivity (Wildman–Crippen MR) is 94.4 cm³/mol. The molecule has 0 aliphatic rings. The van der Waals surface area contributed by atoms with Gasteiger partial charge >= 0.3 is 0 Å². The summed E-state index contributed by atoms with van der Waals surface area (Å²) >= 11 is 1.57. The number of anilines is 1. The highest BCUT2D eigenvalue weighted by Gasteiger charge is 2.10. The first kappa shape index (κ1) is 15.4. The van der Waals surface area contributed by atoms with Crippen LogP contribution in [0.2, 0.25) is 0 Å². The molecule has 0 spiro atoms. The molecule has 6 heteroatoms. The second kappa shape index (κ2) is 7.19. The van der Waals surface area contributed by atoms with Gasteiger partial charge < -0.3 is 11.6 Å². The molecule has 1 heterocycles. The second-order valence-electron chi connectivity index (χ2n) is 5.28. The van der Waals surface area contributed by atoms with E-state index >= 15 is 0 Å². The van der Waals surface area contributed by atoms with Crippen LogP contribution in [0.1, 0.15) is 17.0 Å². The molecule has 0 saturated carbocycles. The topological polar surface area (TPSA) is 82.8 Å². The van der Waals surface area contributed by atoms with Crippen molar-refractivity contribution >= 4 is 17.4 Å². The molecule has 2 aromatic carbocycles. The molecule has 118 valence electrons. The highest BCUT2D eigenvalue weighted by Crippen LogP contribution is 2.21. The monoisotopic (exact) mass is 325 g/mol. The third-order valence-electron chi connectivity index (χ3n) is 3.56. The van der Waals surface area contributed by atoms with Crippen molar-refractivity contribution in [1.29, 1.82) is 0 Å². The van der Waals surface area contributed by atoms with E-state index in [9.17, 15) is 0 Å². The maximum atomic E-state index is 6.11. The molecule has 5 nitrogen and oxygen atoms in total. The van der Waals surface area contributed by atoms with Crippen LogP contribution in [0.25, 0.3) is 0 Å². The Labute approximate surface area is 139 Å². The summed E-state index contributed by atoms with van der Waals surface area (Å²) in [6, 6.07) is 18.1. The Morgan fingerprint density at radius 3 is 2.35 bits per heavy atom. The number of hydrogen-bond acceptors (Lipinski definition) is 5. The average molecular weight is 325 g/mol. The van der Waals surface area contributed by atoms with Gasteiger partial charge in [-0.2, -0.15) is 0 Å². The van der Waals surface area contributed by atoms with Crippen LogP contribution in [0.15, 0.2) is 59.8 Å². The van der Waals surface area contributed by atoms with Crippen LogP contribution in [0.5, 0.6) is 0 Å². The Kier molecular flexibility index (Phi) is 4.83. The summed E-state index contributed by atoms with van der Waals surface area (Å²) in [6.07, 6.45) is 1.68. The van der Waals surface area contributed by atoms with Crippen LogP contribution in [0, 0.1) is 0 Å². The second-order valence-corrected chi connectivity index (χ2v) is 6.23. The van der Waals surface area contributed by atoms with Crippen molar-refractivity contribution in [3.8, 4) is 0 Å². The van der Waals surface area contributed by atoms with Gasteiger partial charge in [-0.25, -0.2) is 4.68 Å². The molecule has 3 aromatic rings. The smallest absolute Gasteiger partial charge is 0.210 e. The standard InChI is InChI=1S/C17H19N5S/c18-15-9-6-14(7-10-15)12-23-17-21-20-16(22(17)19)11-8-13-4-2-1-3-5-13/h1-7,9-10H,8,11-12,18-19H2. The van der Waals surface area contributed by atoms with Crippen LogP contribution in [0.3, 0.4) is 0 Å². The zero-order valence-corrected chi connectivity index (χ0v) is 13.5. The molecule has 0 fully saturated rings. The zero-order chi connectivity index (χ0) is 16.1. The molecule has 0 aliphatic heterocycles. The summed E-state index contributed by atoms with van der Waals surface area (Å²) in [5, 5.41) is 9.12. The van der Waals surface area contributed by atoms with Crippen molar-refractivity contribution in [3.63, 3.8) is 0 Å². The van der Waals surface area contributed by atoms with Gasteiger partial charge in [-0.3, -0.25) is 0 Å². The largest absolute Gasteiger partial charge is 0.399 e. The Morgan fingerprint density at radius 1 is 0.870 bits per heavy atom. The van der Waals surface area contributed by atoms with Crippen LogP contribution in [0.4, 0.5) is 5.69 Å². The summed E-state index contributed by atoms with van der Waals surface area (Å²) < 4.78 is 1.59. The highest BCUT2D eigenvalue weighted by atomic mass is 32.2. The van der Waals surface area contributed by atoms with E-state index in [1.54, 1.807) is 16.4 Å². The van der Waals surface area contributed by atoms with Crippen LogP contribution < -0.4 is 11.6 Å². The van der Waals surface area contributed by atoms with E-state index in [0.717, 1.165) is 35.3 Å². The van der Waals surface area contributed by atoms with Gasteiger partial charge in [-0.1, -0.05) is 54.2 Å². The molecule has 0 saturated heterocycles. The van der Waals surface area contributed by atoms with E-state index in [0.29, 0.717) is 0 Å². The summed E-state index contributed by atoms with van der Waals surface area (Å²) in [5.74, 6) is 7.69. The molecule has 0 aliphatic carbocycles. The van der Waals surface area contributed by atoms with Gasteiger partial charge in [-0.15, -0.1) is 10.2 Å². The van der Waals surface area contributed by atoms with E-state index in [2.05, 4.69) is 22.3 Å². The molecule has 0 bridgehead atoms. The number of nitrogen functional groups attached to an aromatic ring is 2. The molecule has 0 radical (unpaired) electrons. The number of thioether (sulfide) groups is 1. The summed E-state index contributed by atoms with van der Waals surface area (Å²) in [4.78, 5) is 0. The van der Waals surface area contributed by atoms with Crippen LogP contribution in [-0.2, 0) is 18.6 Å². The van der Waals surface area contributed by atoms with Gasteiger partial charge in [-0.05, 0) is 29.7 Å². The quantitative estimate of drug-likeness (QED) is 0.413. The van der Waals surface area contributed by atoms with Gasteiger partial charge in [0.15, 0.2) is 5.82 Å². The molecule has 1 aromatic heterocycles.